The molecule has 0 radical (unpaired) electrons. The minimum Gasteiger partial charge on any atom is -0.351 e. The maximum Gasteiger partial charge on any atom is 0.269 e. The van der Waals surface area contributed by atoms with E-state index in [1.165, 1.54) is 0 Å². The molecule has 1 atom stereocenters. The number of aliphatic imine (C=N–C) groups is 1. The van der Waals surface area contributed by atoms with Gasteiger partial charge in [0.05, 0.1) is 6.34 Å². The van der Waals surface area contributed by atoms with Crippen LogP contribution in [0.4, 0.5) is 0 Å². The van der Waals surface area contributed by atoms with E-state index in [1.807, 2.05) is 18.7 Å². The summed E-state index contributed by atoms with van der Waals surface area (Å²) in [5.74, 6) is 0.00403. The summed E-state index contributed by atoms with van der Waals surface area (Å²) in [5, 5.41) is 0. The standard InChI is InChI=1S/C7H12N2O/c1-3-6-7(10)8-5-9(6)4-2/h5-6H,3-4H2,1-2H3. The average molecular weight is 140 g/mol. The summed E-state index contributed by atoms with van der Waals surface area (Å²) in [6, 6.07) is 0.0185. The Morgan fingerprint density at radius 3 is 2.80 bits per heavy atom. The van der Waals surface area contributed by atoms with Gasteiger partial charge >= 0.3 is 0 Å². The second-order valence-corrected chi connectivity index (χ2v) is 2.34. The fraction of sp³-hybridized carbons (Fsp3) is 0.714. The van der Waals surface area contributed by atoms with E-state index in [-0.39, 0.29) is 11.9 Å². The number of amides is 1. The van der Waals surface area contributed by atoms with Gasteiger partial charge in [-0.2, -0.15) is 0 Å². The number of likely N-dealkylation sites (N-methyl/N-ethyl adjacent to an activating group) is 1. The lowest BCUT2D eigenvalue weighted by Crippen LogP contribution is -2.33. The van der Waals surface area contributed by atoms with Crippen LogP contribution in [0, 0.1) is 0 Å². The molecule has 1 rings (SSSR count). The lowest BCUT2D eigenvalue weighted by molar-refractivity contribution is -0.120. The third kappa shape index (κ3) is 1.03. The summed E-state index contributed by atoms with van der Waals surface area (Å²) < 4.78 is 0. The summed E-state index contributed by atoms with van der Waals surface area (Å²) in [6.45, 7) is 4.89. The van der Waals surface area contributed by atoms with Crippen LogP contribution in [0.2, 0.25) is 0 Å². The molecule has 0 aliphatic carbocycles. The molecule has 0 saturated heterocycles. The van der Waals surface area contributed by atoms with E-state index in [0.717, 1.165) is 13.0 Å². The van der Waals surface area contributed by atoms with Crippen molar-refractivity contribution in [3.05, 3.63) is 0 Å². The van der Waals surface area contributed by atoms with E-state index in [4.69, 9.17) is 0 Å². The van der Waals surface area contributed by atoms with Gasteiger partial charge in [0.15, 0.2) is 0 Å². The van der Waals surface area contributed by atoms with E-state index in [1.54, 1.807) is 6.34 Å². The maximum absolute atomic E-state index is 10.9. The van der Waals surface area contributed by atoms with E-state index >= 15 is 0 Å². The van der Waals surface area contributed by atoms with Crippen LogP contribution in [0.25, 0.3) is 0 Å². The van der Waals surface area contributed by atoms with Crippen LogP contribution >= 0.6 is 0 Å². The molecule has 1 unspecified atom stereocenters. The van der Waals surface area contributed by atoms with Crippen molar-refractivity contribution in [2.24, 2.45) is 4.99 Å². The number of nitrogens with zero attached hydrogens (tertiary/aromatic N) is 2. The first-order valence-electron chi connectivity index (χ1n) is 3.63. The zero-order valence-corrected chi connectivity index (χ0v) is 6.37. The number of hydrogen-bond donors (Lipinski definition) is 0. The van der Waals surface area contributed by atoms with Gasteiger partial charge in [-0.15, -0.1) is 0 Å². The number of carbonyl (C=O) groups is 1. The molecule has 56 valence electrons. The maximum atomic E-state index is 10.9. The molecule has 0 bridgehead atoms. The quantitative estimate of drug-likeness (QED) is 0.564. The minimum atomic E-state index is 0.00403. The Bertz CT molecular complexity index is 165. The van der Waals surface area contributed by atoms with Crippen LogP contribution in [0.3, 0.4) is 0 Å². The molecule has 10 heavy (non-hydrogen) atoms. The number of hydrogen-bond acceptors (Lipinski definition) is 2. The van der Waals surface area contributed by atoms with Crippen molar-refractivity contribution in [3.8, 4) is 0 Å². The second kappa shape index (κ2) is 2.82. The molecule has 0 spiro atoms. The molecule has 1 aliphatic heterocycles. The van der Waals surface area contributed by atoms with Crippen molar-refractivity contribution in [2.45, 2.75) is 26.3 Å². The normalized spacial score (nSPS) is 24.4. The van der Waals surface area contributed by atoms with E-state index in [9.17, 15) is 4.79 Å². The monoisotopic (exact) mass is 140 g/mol. The van der Waals surface area contributed by atoms with Crippen LogP contribution in [-0.2, 0) is 4.79 Å². The first-order chi connectivity index (χ1) is 4.79. The summed E-state index contributed by atoms with van der Waals surface area (Å²) in [6.07, 6.45) is 2.49. The van der Waals surface area contributed by atoms with Gasteiger partial charge in [-0.1, -0.05) is 6.92 Å². The average Bonchev–Trinajstić information content (AvgIpc) is 2.30. The van der Waals surface area contributed by atoms with Gasteiger partial charge in [-0.3, -0.25) is 4.79 Å². The fourth-order valence-corrected chi connectivity index (χ4v) is 1.15. The zero-order valence-electron chi connectivity index (χ0n) is 6.37. The largest absolute Gasteiger partial charge is 0.351 e. The van der Waals surface area contributed by atoms with E-state index in [0.29, 0.717) is 0 Å². The molecule has 1 amide bonds. The molecule has 3 heteroatoms. The van der Waals surface area contributed by atoms with Gasteiger partial charge < -0.3 is 4.90 Å². The van der Waals surface area contributed by atoms with Crippen LogP contribution in [-0.4, -0.2) is 29.7 Å². The molecule has 1 aliphatic rings. The van der Waals surface area contributed by atoms with Gasteiger partial charge in [0.25, 0.3) is 5.91 Å². The van der Waals surface area contributed by atoms with Crippen molar-refractivity contribution in [1.82, 2.24) is 4.90 Å². The molecular weight excluding hydrogens is 128 g/mol. The molecule has 0 aromatic heterocycles. The fourth-order valence-electron chi connectivity index (χ4n) is 1.15. The van der Waals surface area contributed by atoms with E-state index in [2.05, 4.69) is 4.99 Å². The third-order valence-electron chi connectivity index (χ3n) is 1.77. The van der Waals surface area contributed by atoms with Gasteiger partial charge in [0.1, 0.15) is 6.04 Å². The molecular formula is C7H12N2O. The Kier molecular flexibility index (Phi) is 2.04. The van der Waals surface area contributed by atoms with Crippen molar-refractivity contribution < 1.29 is 4.79 Å². The first kappa shape index (κ1) is 7.25. The van der Waals surface area contributed by atoms with E-state index < -0.39 is 0 Å². The predicted molar refractivity (Wildman–Crippen MR) is 40.0 cm³/mol. The highest BCUT2D eigenvalue weighted by Gasteiger charge is 2.25. The lowest BCUT2D eigenvalue weighted by atomic mass is 10.2. The predicted octanol–water partition coefficient (Wildman–Crippen LogP) is 0.655. The zero-order chi connectivity index (χ0) is 7.56. The smallest absolute Gasteiger partial charge is 0.269 e. The Labute approximate surface area is 60.7 Å². The van der Waals surface area contributed by atoms with Crippen LogP contribution in [0.5, 0.6) is 0 Å². The van der Waals surface area contributed by atoms with Crippen molar-refractivity contribution in [3.63, 3.8) is 0 Å². The molecule has 0 N–H and O–H groups in total. The van der Waals surface area contributed by atoms with Gasteiger partial charge in [-0.25, -0.2) is 4.99 Å². The molecule has 0 fully saturated rings. The van der Waals surface area contributed by atoms with Gasteiger partial charge in [0.2, 0.25) is 0 Å². The molecule has 0 saturated carbocycles. The van der Waals surface area contributed by atoms with Crippen molar-refractivity contribution in [1.29, 1.82) is 0 Å². The summed E-state index contributed by atoms with van der Waals surface area (Å²) in [7, 11) is 0. The minimum absolute atomic E-state index is 0.00403. The van der Waals surface area contributed by atoms with Crippen LogP contribution in [0.1, 0.15) is 20.3 Å². The summed E-state index contributed by atoms with van der Waals surface area (Å²) in [5.41, 5.74) is 0. The van der Waals surface area contributed by atoms with Gasteiger partial charge in [-0.05, 0) is 13.3 Å². The third-order valence-corrected chi connectivity index (χ3v) is 1.77. The second-order valence-electron chi connectivity index (χ2n) is 2.34. The van der Waals surface area contributed by atoms with Gasteiger partial charge in [0, 0.05) is 6.54 Å². The highest BCUT2D eigenvalue weighted by Crippen LogP contribution is 2.09. The topological polar surface area (TPSA) is 32.7 Å². The Balaban J connectivity index is 2.62. The number of rotatable bonds is 2. The Morgan fingerprint density at radius 1 is 1.70 bits per heavy atom. The Hall–Kier alpha value is -0.860. The van der Waals surface area contributed by atoms with Crippen molar-refractivity contribution in [2.75, 3.05) is 6.54 Å². The summed E-state index contributed by atoms with van der Waals surface area (Å²) >= 11 is 0. The SMILES string of the molecule is CCC1C(=O)N=CN1CC. The molecule has 1 heterocycles. The molecule has 0 aromatic carbocycles. The highest BCUT2D eigenvalue weighted by atomic mass is 16.2. The lowest BCUT2D eigenvalue weighted by Gasteiger charge is -2.18. The van der Waals surface area contributed by atoms with Crippen molar-refractivity contribution >= 4 is 12.2 Å². The Morgan fingerprint density at radius 2 is 2.40 bits per heavy atom. The first-order valence-corrected chi connectivity index (χ1v) is 3.63. The molecule has 3 nitrogen and oxygen atoms in total. The highest BCUT2D eigenvalue weighted by molar-refractivity contribution is 5.94. The summed E-state index contributed by atoms with van der Waals surface area (Å²) in [4.78, 5) is 16.6. The number of carbonyl (C=O) groups excluding carboxylic acids is 1. The molecule has 0 aromatic rings. The van der Waals surface area contributed by atoms with Crippen LogP contribution in [0.15, 0.2) is 4.99 Å². The van der Waals surface area contributed by atoms with Crippen LogP contribution < -0.4 is 0 Å².